The van der Waals surface area contributed by atoms with Gasteiger partial charge in [0.2, 0.25) is 0 Å². The predicted octanol–water partition coefficient (Wildman–Crippen LogP) is 6.25. The number of halogens is 1. The highest BCUT2D eigenvalue weighted by atomic mass is 19.1. The van der Waals surface area contributed by atoms with Crippen molar-refractivity contribution in [1.82, 2.24) is 0 Å². The first-order valence-electron chi connectivity index (χ1n) is 11.9. The summed E-state index contributed by atoms with van der Waals surface area (Å²) < 4.78 is 38.9. The molecule has 34 heavy (non-hydrogen) atoms. The highest BCUT2D eigenvalue weighted by Crippen LogP contribution is 2.45. The van der Waals surface area contributed by atoms with Gasteiger partial charge in [0, 0.05) is 12.0 Å². The van der Waals surface area contributed by atoms with Crippen LogP contribution in [-0.2, 0) is 20.6 Å². The van der Waals surface area contributed by atoms with Crippen LogP contribution in [0.15, 0.2) is 72.8 Å². The Bertz CT molecular complexity index is 1100. The third kappa shape index (κ3) is 4.61. The molecule has 178 valence electrons. The molecule has 5 heteroatoms. The van der Waals surface area contributed by atoms with Gasteiger partial charge in [0.25, 0.3) is 0 Å². The summed E-state index contributed by atoms with van der Waals surface area (Å²) in [7, 11) is 1.64. The standard InChI is InChI=1S/C29H31FO4/c1-18-19(2)28-26(17-32-29(34-28)21-7-5-4-6-8-21)33-27(18)22-11-14-25(30)23(16-22)15-20-9-12-24(31-3)13-10-20/h4-14,16,18-19,26-29H,15,17H2,1-3H3. The fourth-order valence-electron chi connectivity index (χ4n) is 5.05. The predicted molar refractivity (Wildman–Crippen MR) is 128 cm³/mol. The summed E-state index contributed by atoms with van der Waals surface area (Å²) in [6.07, 6.45) is -0.223. The van der Waals surface area contributed by atoms with Crippen LogP contribution in [0.3, 0.4) is 0 Å². The molecule has 2 aliphatic rings. The number of methoxy groups -OCH3 is 1. The maximum Gasteiger partial charge on any atom is 0.184 e. The number of rotatable bonds is 5. The first-order valence-corrected chi connectivity index (χ1v) is 11.9. The molecule has 0 amide bonds. The number of benzene rings is 3. The van der Waals surface area contributed by atoms with Gasteiger partial charge >= 0.3 is 0 Å². The van der Waals surface area contributed by atoms with Gasteiger partial charge in [-0.05, 0) is 52.8 Å². The van der Waals surface area contributed by atoms with E-state index in [0.717, 1.165) is 22.4 Å². The van der Waals surface area contributed by atoms with Crippen LogP contribution in [0.2, 0.25) is 0 Å². The minimum atomic E-state index is -0.376. The Morgan fingerprint density at radius 3 is 2.38 bits per heavy atom. The van der Waals surface area contributed by atoms with Gasteiger partial charge in [-0.1, -0.05) is 62.4 Å². The summed E-state index contributed by atoms with van der Waals surface area (Å²) in [5, 5.41) is 0. The fourth-order valence-corrected chi connectivity index (χ4v) is 5.05. The van der Waals surface area contributed by atoms with Crippen LogP contribution in [-0.4, -0.2) is 25.9 Å². The molecule has 0 bridgehead atoms. The Balaban J connectivity index is 1.33. The molecule has 3 aromatic carbocycles. The van der Waals surface area contributed by atoms with Crippen LogP contribution in [0.25, 0.3) is 0 Å². The van der Waals surface area contributed by atoms with Gasteiger partial charge in [0.1, 0.15) is 17.7 Å². The summed E-state index contributed by atoms with van der Waals surface area (Å²) in [6, 6.07) is 23.1. The Morgan fingerprint density at radius 2 is 1.65 bits per heavy atom. The Morgan fingerprint density at radius 1 is 0.882 bits per heavy atom. The molecule has 3 aromatic rings. The van der Waals surface area contributed by atoms with E-state index in [1.54, 1.807) is 13.2 Å². The fraction of sp³-hybridized carbons (Fsp3) is 0.379. The van der Waals surface area contributed by atoms with E-state index < -0.39 is 0 Å². The highest BCUT2D eigenvalue weighted by Gasteiger charge is 2.46. The van der Waals surface area contributed by atoms with Gasteiger partial charge in [-0.15, -0.1) is 0 Å². The molecule has 2 saturated heterocycles. The van der Waals surface area contributed by atoms with Crippen LogP contribution in [0.5, 0.6) is 5.75 Å². The number of hydrogen-bond acceptors (Lipinski definition) is 4. The average Bonchev–Trinajstić information content (AvgIpc) is 2.88. The summed E-state index contributed by atoms with van der Waals surface area (Å²) in [4.78, 5) is 0. The lowest BCUT2D eigenvalue weighted by Gasteiger charge is -2.48. The van der Waals surface area contributed by atoms with E-state index in [2.05, 4.69) is 13.8 Å². The minimum absolute atomic E-state index is 0.0515. The second-order valence-electron chi connectivity index (χ2n) is 9.37. The van der Waals surface area contributed by atoms with Crippen LogP contribution in [0, 0.1) is 17.7 Å². The smallest absolute Gasteiger partial charge is 0.184 e. The summed E-state index contributed by atoms with van der Waals surface area (Å²) in [5.41, 5.74) is 3.70. The van der Waals surface area contributed by atoms with Gasteiger partial charge < -0.3 is 18.9 Å². The molecule has 0 saturated carbocycles. The lowest BCUT2D eigenvalue weighted by Crippen LogP contribution is -2.52. The maximum atomic E-state index is 14.7. The van der Waals surface area contributed by atoms with Crippen LogP contribution < -0.4 is 4.74 Å². The first kappa shape index (κ1) is 23.0. The van der Waals surface area contributed by atoms with E-state index in [0.29, 0.717) is 18.6 Å². The molecule has 2 fully saturated rings. The molecule has 0 aromatic heterocycles. The van der Waals surface area contributed by atoms with E-state index in [4.69, 9.17) is 18.9 Å². The normalized spacial score (nSPS) is 28.8. The zero-order valence-electron chi connectivity index (χ0n) is 19.8. The zero-order chi connectivity index (χ0) is 23.7. The minimum Gasteiger partial charge on any atom is -0.497 e. The van der Waals surface area contributed by atoms with Crippen molar-refractivity contribution in [2.24, 2.45) is 11.8 Å². The molecule has 0 radical (unpaired) electrons. The van der Waals surface area contributed by atoms with Crippen molar-refractivity contribution in [3.05, 3.63) is 101 Å². The average molecular weight is 463 g/mol. The Kier molecular flexibility index (Phi) is 6.68. The molecular weight excluding hydrogens is 431 g/mol. The van der Waals surface area contributed by atoms with Crippen LogP contribution >= 0.6 is 0 Å². The molecule has 4 nitrogen and oxygen atoms in total. The van der Waals surface area contributed by atoms with E-state index in [-0.39, 0.29) is 42.3 Å². The topological polar surface area (TPSA) is 36.9 Å². The van der Waals surface area contributed by atoms with Crippen molar-refractivity contribution in [1.29, 1.82) is 0 Å². The second kappa shape index (κ2) is 9.87. The van der Waals surface area contributed by atoms with Gasteiger partial charge in [-0.25, -0.2) is 4.39 Å². The zero-order valence-corrected chi connectivity index (χ0v) is 19.8. The quantitative estimate of drug-likeness (QED) is 0.449. The summed E-state index contributed by atoms with van der Waals surface area (Å²) in [5.74, 6) is 1.05. The van der Waals surface area contributed by atoms with E-state index in [1.807, 2.05) is 66.7 Å². The molecule has 2 heterocycles. The molecule has 0 spiro atoms. The van der Waals surface area contributed by atoms with Gasteiger partial charge in [0.05, 0.1) is 25.9 Å². The summed E-state index contributed by atoms with van der Waals surface area (Å²) in [6.45, 7) is 4.87. The number of fused-ring (bicyclic) bond motifs is 1. The molecule has 6 unspecified atom stereocenters. The van der Waals surface area contributed by atoms with Crippen LogP contribution in [0.4, 0.5) is 4.39 Å². The third-order valence-corrected chi connectivity index (χ3v) is 7.23. The monoisotopic (exact) mass is 462 g/mol. The van der Waals surface area contributed by atoms with Gasteiger partial charge in [-0.2, -0.15) is 0 Å². The largest absolute Gasteiger partial charge is 0.497 e. The van der Waals surface area contributed by atoms with Crippen LogP contribution in [0.1, 0.15) is 48.5 Å². The van der Waals surface area contributed by atoms with Crippen molar-refractivity contribution in [2.45, 2.75) is 44.9 Å². The van der Waals surface area contributed by atoms with E-state index >= 15 is 0 Å². The summed E-state index contributed by atoms with van der Waals surface area (Å²) >= 11 is 0. The second-order valence-corrected chi connectivity index (χ2v) is 9.37. The highest BCUT2D eigenvalue weighted by molar-refractivity contribution is 5.35. The Labute approximate surface area is 200 Å². The van der Waals surface area contributed by atoms with Crippen molar-refractivity contribution in [3.63, 3.8) is 0 Å². The lowest BCUT2D eigenvalue weighted by molar-refractivity contribution is -0.311. The molecular formula is C29H31FO4. The van der Waals surface area contributed by atoms with Gasteiger partial charge in [0.15, 0.2) is 6.29 Å². The molecule has 6 atom stereocenters. The molecule has 2 aliphatic heterocycles. The first-order chi connectivity index (χ1) is 16.5. The van der Waals surface area contributed by atoms with Crippen molar-refractivity contribution < 1.29 is 23.3 Å². The maximum absolute atomic E-state index is 14.7. The Hall–Kier alpha value is -2.73. The van der Waals surface area contributed by atoms with Gasteiger partial charge in [-0.3, -0.25) is 0 Å². The SMILES string of the molecule is COc1ccc(Cc2cc(C3OC4COC(c5ccccc5)OC4C(C)C3C)ccc2F)cc1. The van der Waals surface area contributed by atoms with E-state index in [9.17, 15) is 4.39 Å². The van der Waals surface area contributed by atoms with Crippen molar-refractivity contribution >= 4 is 0 Å². The molecule has 5 rings (SSSR count). The number of ether oxygens (including phenoxy) is 4. The number of hydrogen-bond donors (Lipinski definition) is 0. The lowest BCUT2D eigenvalue weighted by atomic mass is 9.78. The molecule has 0 N–H and O–H groups in total. The van der Waals surface area contributed by atoms with E-state index in [1.165, 1.54) is 0 Å². The van der Waals surface area contributed by atoms with Crippen molar-refractivity contribution in [3.8, 4) is 5.75 Å². The third-order valence-electron chi connectivity index (χ3n) is 7.23. The van der Waals surface area contributed by atoms with Crippen molar-refractivity contribution in [2.75, 3.05) is 13.7 Å². The molecule has 0 aliphatic carbocycles.